The van der Waals surface area contributed by atoms with Crippen LogP contribution < -0.4 is 0 Å². The van der Waals surface area contributed by atoms with Crippen molar-refractivity contribution >= 4 is 12.0 Å². The van der Waals surface area contributed by atoms with Crippen LogP contribution in [0.4, 0.5) is 4.79 Å². The van der Waals surface area contributed by atoms with Crippen LogP contribution in [0, 0.1) is 6.92 Å². The van der Waals surface area contributed by atoms with Gasteiger partial charge in [-0.25, -0.2) is 9.59 Å². The molecule has 1 aromatic rings. The number of carbonyl (C=O) groups is 2. The van der Waals surface area contributed by atoms with Crippen LogP contribution in [-0.4, -0.2) is 57.8 Å². The molecular weight excluding hydrogens is 272 g/mol. The lowest BCUT2D eigenvalue weighted by Gasteiger charge is -2.27. The summed E-state index contributed by atoms with van der Waals surface area (Å²) in [7, 11) is 1.63. The number of amides is 2. The third-order valence-corrected chi connectivity index (χ3v) is 3.68. The van der Waals surface area contributed by atoms with Gasteiger partial charge < -0.3 is 20.0 Å². The molecule has 0 aromatic heterocycles. The fourth-order valence-corrected chi connectivity index (χ4v) is 2.51. The number of hydrogen-bond acceptors (Lipinski definition) is 3. The van der Waals surface area contributed by atoms with E-state index in [1.54, 1.807) is 7.05 Å². The SMILES string of the molecule is Cc1ccc(CN(C)C(=O)N2CC(O)CC2C(=O)O)cc1. The van der Waals surface area contributed by atoms with Crippen LogP contribution in [-0.2, 0) is 11.3 Å². The van der Waals surface area contributed by atoms with Crippen LogP contribution >= 0.6 is 0 Å². The molecule has 0 radical (unpaired) electrons. The fraction of sp³-hybridized carbons (Fsp3) is 0.467. The van der Waals surface area contributed by atoms with E-state index in [0.29, 0.717) is 6.54 Å². The molecule has 2 unspecified atom stereocenters. The number of rotatable bonds is 3. The van der Waals surface area contributed by atoms with Crippen molar-refractivity contribution in [1.82, 2.24) is 9.80 Å². The summed E-state index contributed by atoms with van der Waals surface area (Å²) >= 11 is 0. The van der Waals surface area contributed by atoms with Crippen LogP contribution in [0.2, 0.25) is 0 Å². The molecule has 6 heteroatoms. The molecule has 114 valence electrons. The normalized spacial score (nSPS) is 21.4. The predicted octanol–water partition coefficient (Wildman–Crippen LogP) is 1.07. The molecule has 0 bridgehead atoms. The smallest absolute Gasteiger partial charge is 0.326 e. The zero-order chi connectivity index (χ0) is 15.6. The van der Waals surface area contributed by atoms with Crippen molar-refractivity contribution in [2.75, 3.05) is 13.6 Å². The number of benzene rings is 1. The average molecular weight is 292 g/mol. The molecule has 1 saturated heterocycles. The number of carboxylic acids is 1. The Kier molecular flexibility index (Phi) is 4.47. The van der Waals surface area contributed by atoms with Crippen LogP contribution in [0.5, 0.6) is 0 Å². The second-order valence-corrected chi connectivity index (χ2v) is 5.52. The summed E-state index contributed by atoms with van der Waals surface area (Å²) in [6.07, 6.45) is -0.692. The molecule has 1 fully saturated rings. The van der Waals surface area contributed by atoms with Gasteiger partial charge in [0, 0.05) is 26.6 Å². The van der Waals surface area contributed by atoms with E-state index in [4.69, 9.17) is 5.11 Å². The Bertz CT molecular complexity index is 529. The van der Waals surface area contributed by atoms with Crippen molar-refractivity contribution in [2.24, 2.45) is 0 Å². The molecule has 0 spiro atoms. The molecule has 1 aliphatic heterocycles. The van der Waals surface area contributed by atoms with Gasteiger partial charge in [-0.2, -0.15) is 0 Å². The van der Waals surface area contributed by atoms with Gasteiger partial charge in [-0.05, 0) is 12.5 Å². The zero-order valence-corrected chi connectivity index (χ0v) is 12.2. The van der Waals surface area contributed by atoms with Crippen LogP contribution in [0.15, 0.2) is 24.3 Å². The van der Waals surface area contributed by atoms with Crippen LogP contribution in [0.1, 0.15) is 17.5 Å². The highest BCUT2D eigenvalue weighted by molar-refractivity contribution is 5.83. The van der Waals surface area contributed by atoms with E-state index in [0.717, 1.165) is 11.1 Å². The Morgan fingerprint density at radius 3 is 2.52 bits per heavy atom. The molecule has 2 amide bonds. The molecule has 1 aromatic carbocycles. The molecule has 2 atom stereocenters. The van der Waals surface area contributed by atoms with Crippen LogP contribution in [0.25, 0.3) is 0 Å². The van der Waals surface area contributed by atoms with Gasteiger partial charge in [0.05, 0.1) is 6.10 Å². The molecule has 6 nitrogen and oxygen atoms in total. The van der Waals surface area contributed by atoms with E-state index >= 15 is 0 Å². The first-order valence-corrected chi connectivity index (χ1v) is 6.86. The third kappa shape index (κ3) is 3.52. The molecular formula is C15H20N2O4. The van der Waals surface area contributed by atoms with Gasteiger partial charge in [-0.1, -0.05) is 29.8 Å². The summed E-state index contributed by atoms with van der Waals surface area (Å²) < 4.78 is 0. The van der Waals surface area contributed by atoms with E-state index in [1.165, 1.54) is 9.80 Å². The maximum Gasteiger partial charge on any atom is 0.326 e. The number of nitrogens with zero attached hydrogens (tertiary/aromatic N) is 2. The van der Waals surface area contributed by atoms with E-state index in [-0.39, 0.29) is 19.0 Å². The molecule has 0 saturated carbocycles. The highest BCUT2D eigenvalue weighted by Gasteiger charge is 2.39. The van der Waals surface area contributed by atoms with Crippen molar-refractivity contribution in [2.45, 2.75) is 32.0 Å². The number of aliphatic hydroxyl groups is 1. The lowest BCUT2D eigenvalue weighted by molar-refractivity contribution is -0.141. The number of likely N-dealkylation sites (tertiary alicyclic amines) is 1. The Labute approximate surface area is 123 Å². The van der Waals surface area contributed by atoms with Crippen molar-refractivity contribution in [1.29, 1.82) is 0 Å². The first-order valence-electron chi connectivity index (χ1n) is 6.86. The monoisotopic (exact) mass is 292 g/mol. The maximum absolute atomic E-state index is 12.4. The number of aliphatic hydroxyl groups excluding tert-OH is 1. The largest absolute Gasteiger partial charge is 0.480 e. The summed E-state index contributed by atoms with van der Waals surface area (Å²) in [5.74, 6) is -1.08. The van der Waals surface area contributed by atoms with Crippen molar-refractivity contribution in [3.63, 3.8) is 0 Å². The Balaban J connectivity index is 2.04. The Morgan fingerprint density at radius 1 is 1.33 bits per heavy atom. The molecule has 2 rings (SSSR count). The average Bonchev–Trinajstić information content (AvgIpc) is 2.82. The lowest BCUT2D eigenvalue weighted by Crippen LogP contribution is -2.46. The van der Waals surface area contributed by atoms with Gasteiger partial charge >= 0.3 is 12.0 Å². The highest BCUT2D eigenvalue weighted by Crippen LogP contribution is 2.20. The number of carboxylic acid groups (broad SMARTS) is 1. The summed E-state index contributed by atoms with van der Waals surface area (Å²) in [6, 6.07) is 6.48. The molecule has 2 N–H and O–H groups in total. The first kappa shape index (κ1) is 15.3. The van der Waals surface area contributed by atoms with Gasteiger partial charge in [0.2, 0.25) is 0 Å². The number of hydrogen-bond donors (Lipinski definition) is 2. The fourth-order valence-electron chi connectivity index (χ4n) is 2.51. The topological polar surface area (TPSA) is 81.1 Å². The van der Waals surface area contributed by atoms with E-state index < -0.39 is 18.1 Å². The third-order valence-electron chi connectivity index (χ3n) is 3.68. The minimum atomic E-state index is -1.08. The Morgan fingerprint density at radius 2 is 1.95 bits per heavy atom. The quantitative estimate of drug-likeness (QED) is 0.873. The number of carbonyl (C=O) groups excluding carboxylic acids is 1. The van der Waals surface area contributed by atoms with Gasteiger partial charge in [0.15, 0.2) is 0 Å². The molecule has 1 heterocycles. The molecule has 21 heavy (non-hydrogen) atoms. The minimum absolute atomic E-state index is 0.0635. The molecule has 0 aliphatic carbocycles. The van der Waals surface area contributed by atoms with Crippen molar-refractivity contribution < 1.29 is 19.8 Å². The summed E-state index contributed by atoms with van der Waals surface area (Å²) in [5.41, 5.74) is 2.12. The number of urea groups is 1. The first-order chi connectivity index (χ1) is 9.88. The highest BCUT2D eigenvalue weighted by atomic mass is 16.4. The van der Waals surface area contributed by atoms with Crippen molar-refractivity contribution in [3.05, 3.63) is 35.4 Å². The lowest BCUT2D eigenvalue weighted by atomic mass is 10.1. The second kappa shape index (κ2) is 6.13. The summed E-state index contributed by atoms with van der Waals surface area (Å²) in [6.45, 7) is 2.45. The predicted molar refractivity (Wildman–Crippen MR) is 76.8 cm³/mol. The van der Waals surface area contributed by atoms with Gasteiger partial charge in [-0.3, -0.25) is 0 Å². The van der Waals surface area contributed by atoms with E-state index in [1.807, 2.05) is 31.2 Å². The van der Waals surface area contributed by atoms with Gasteiger partial charge in [0.1, 0.15) is 6.04 Å². The number of aliphatic carboxylic acids is 1. The minimum Gasteiger partial charge on any atom is -0.480 e. The summed E-state index contributed by atoms with van der Waals surface area (Å²) in [4.78, 5) is 26.2. The van der Waals surface area contributed by atoms with E-state index in [9.17, 15) is 14.7 Å². The van der Waals surface area contributed by atoms with E-state index in [2.05, 4.69) is 0 Å². The second-order valence-electron chi connectivity index (χ2n) is 5.52. The number of β-amino-alcohol motifs (C(OH)–C–C–N with tert-alkyl or cyclic N) is 1. The standard InChI is InChI=1S/C15H20N2O4/c1-10-3-5-11(6-4-10)8-16(2)15(21)17-9-12(18)7-13(17)14(19)20/h3-6,12-13,18H,7-9H2,1-2H3,(H,19,20). The number of aryl methyl sites for hydroxylation is 1. The Hall–Kier alpha value is -2.08. The van der Waals surface area contributed by atoms with Crippen LogP contribution in [0.3, 0.4) is 0 Å². The summed E-state index contributed by atoms with van der Waals surface area (Å²) in [5, 5.41) is 18.7. The van der Waals surface area contributed by atoms with Gasteiger partial charge in [-0.15, -0.1) is 0 Å². The van der Waals surface area contributed by atoms with Gasteiger partial charge in [0.25, 0.3) is 0 Å². The zero-order valence-electron chi connectivity index (χ0n) is 12.2. The maximum atomic E-state index is 12.4. The molecule has 1 aliphatic rings. The van der Waals surface area contributed by atoms with Crippen molar-refractivity contribution in [3.8, 4) is 0 Å².